The average molecular weight is 490 g/mol. The van der Waals surface area contributed by atoms with Crippen LogP contribution in [0.4, 0.5) is 0 Å². The molecule has 0 nitrogen and oxygen atoms in total. The van der Waals surface area contributed by atoms with Crippen LogP contribution < -0.4 is 0 Å². The minimum absolute atomic E-state index is 0. The van der Waals surface area contributed by atoms with Crippen LogP contribution in [0.25, 0.3) is 0 Å². The second kappa shape index (κ2) is 13.3. The predicted octanol–water partition coefficient (Wildman–Crippen LogP) is 8.39. The van der Waals surface area contributed by atoms with Crippen LogP contribution in [-0.2, 0) is 32.6 Å². The number of hydrogen-bond acceptors (Lipinski definition) is 0. The molecule has 2 aliphatic rings. The van der Waals surface area contributed by atoms with Crippen molar-refractivity contribution in [1.82, 2.24) is 0 Å². The van der Waals surface area contributed by atoms with Crippen LogP contribution in [0.2, 0.25) is 13.1 Å². The van der Waals surface area contributed by atoms with Crippen molar-refractivity contribution in [3.63, 3.8) is 0 Å². The molecule has 0 spiro atoms. The molecule has 4 unspecified atom stereocenters. The molecule has 0 saturated heterocycles. The smallest absolute Gasteiger partial charge is 0.358 e. The summed E-state index contributed by atoms with van der Waals surface area (Å²) in [5.74, 6) is 3.18. The number of allylic oxidation sites excluding steroid dienone is 4. The first kappa shape index (κ1) is 33.4. The summed E-state index contributed by atoms with van der Waals surface area (Å²) in [4.78, 5) is 0. The summed E-state index contributed by atoms with van der Waals surface area (Å²) in [6, 6.07) is 11.0. The molecule has 29 heavy (non-hydrogen) atoms. The van der Waals surface area contributed by atoms with E-state index in [2.05, 4.69) is 77.2 Å². The molecule has 0 amide bonds. The van der Waals surface area contributed by atoms with Gasteiger partial charge in [-0.2, -0.15) is 0 Å². The van der Waals surface area contributed by atoms with Crippen LogP contribution in [-0.4, -0.2) is 8.07 Å². The minimum atomic E-state index is -1.47. The van der Waals surface area contributed by atoms with E-state index in [9.17, 15) is 0 Å². The van der Waals surface area contributed by atoms with E-state index >= 15 is 0 Å². The van der Waals surface area contributed by atoms with Gasteiger partial charge in [0.1, 0.15) is 8.07 Å². The van der Waals surface area contributed by atoms with Crippen molar-refractivity contribution in [1.29, 1.82) is 0 Å². The Morgan fingerprint density at radius 3 is 1.93 bits per heavy atom. The molecule has 2 aliphatic carbocycles. The fourth-order valence-electron chi connectivity index (χ4n) is 5.33. The van der Waals surface area contributed by atoms with Crippen molar-refractivity contribution in [2.75, 3.05) is 0 Å². The first-order valence-electron chi connectivity index (χ1n) is 9.77. The van der Waals surface area contributed by atoms with Gasteiger partial charge in [-0.1, -0.05) is 86.2 Å². The van der Waals surface area contributed by atoms with Gasteiger partial charge in [0.15, 0.2) is 0 Å². The molecule has 0 heterocycles. The first-order valence-corrected chi connectivity index (χ1v) is 12.8. The fourth-order valence-corrected chi connectivity index (χ4v) is 9.72. The van der Waals surface area contributed by atoms with E-state index in [1.165, 1.54) is 24.8 Å². The largest absolute Gasteiger partial charge is 4.00 e. The zero-order valence-corrected chi connectivity index (χ0v) is 24.4. The summed E-state index contributed by atoms with van der Waals surface area (Å²) in [7, 11) is -1.47. The topological polar surface area (TPSA) is 0 Å². The first-order chi connectivity index (χ1) is 11.3. The van der Waals surface area contributed by atoms with Crippen molar-refractivity contribution in [3.05, 3.63) is 87.6 Å². The molecule has 0 fully saturated rings. The van der Waals surface area contributed by atoms with Gasteiger partial charge in [0, 0.05) is 0 Å². The maximum atomic E-state index is 2.63. The van der Waals surface area contributed by atoms with Crippen LogP contribution in [0.3, 0.4) is 0 Å². The Morgan fingerprint density at radius 2 is 1.45 bits per heavy atom. The van der Waals surface area contributed by atoms with E-state index in [0.29, 0.717) is 0 Å². The van der Waals surface area contributed by atoms with E-state index in [4.69, 9.17) is 0 Å². The van der Waals surface area contributed by atoms with Crippen molar-refractivity contribution in [2.45, 2.75) is 60.1 Å². The van der Waals surface area contributed by atoms with E-state index in [1.807, 2.05) is 10.4 Å². The van der Waals surface area contributed by atoms with Gasteiger partial charge in [-0.15, -0.1) is 0 Å². The van der Waals surface area contributed by atoms with Gasteiger partial charge < -0.3 is 29.7 Å². The molecule has 0 saturated carbocycles. The summed E-state index contributed by atoms with van der Waals surface area (Å²) >= 11 is 0. The zero-order chi connectivity index (χ0) is 17.5. The van der Waals surface area contributed by atoms with Crippen LogP contribution in [0.15, 0.2) is 52.4 Å². The molecule has 0 radical (unpaired) electrons. The van der Waals surface area contributed by atoms with Gasteiger partial charge >= 0.3 is 26.2 Å². The monoisotopic (exact) mass is 488 g/mol. The maximum Gasteiger partial charge on any atom is 4.00 e. The molecule has 1 aromatic carbocycles. The summed E-state index contributed by atoms with van der Waals surface area (Å²) in [6.07, 6.45) is 6.49. The normalized spacial score (nSPS) is 25.5. The van der Waals surface area contributed by atoms with Crippen LogP contribution >= 0.6 is 0 Å². The molecule has 0 aromatic heterocycles. The Balaban J connectivity index is -0.00000135. The molecular formula is C27H46SiZr. The Bertz CT molecular complexity index is 656. The van der Waals surface area contributed by atoms with Gasteiger partial charge in [-0.3, -0.25) is 0 Å². The summed E-state index contributed by atoms with van der Waals surface area (Å²) in [5.41, 5.74) is 3.22. The number of hydrogen-bond donors (Lipinski definition) is 0. The summed E-state index contributed by atoms with van der Waals surface area (Å²) < 4.78 is 0. The molecule has 2 heteroatoms. The average Bonchev–Trinajstić information content (AvgIpc) is 3.09. The van der Waals surface area contributed by atoms with Crippen molar-refractivity contribution < 1.29 is 26.2 Å². The van der Waals surface area contributed by atoms with Crippen molar-refractivity contribution in [2.24, 2.45) is 23.7 Å². The molecular weight excluding hydrogens is 444 g/mol. The van der Waals surface area contributed by atoms with Crippen LogP contribution in [0.5, 0.6) is 0 Å². The third kappa shape index (κ3) is 6.64. The number of benzene rings is 1. The van der Waals surface area contributed by atoms with Crippen molar-refractivity contribution in [3.8, 4) is 0 Å². The third-order valence-corrected chi connectivity index (χ3v) is 11.4. The SMILES string of the molecule is CC1=C([Si](C)(C)C2=CCC(Cc3ccccc3)C2)C(C)C(C)C1C.[CH3-].[CH3-].[CH3-].[CH3-].[Zr+4]. The van der Waals surface area contributed by atoms with E-state index < -0.39 is 8.07 Å². The summed E-state index contributed by atoms with van der Waals surface area (Å²) in [6.45, 7) is 15.0. The predicted molar refractivity (Wildman–Crippen MR) is 134 cm³/mol. The molecule has 0 bridgehead atoms. The minimum Gasteiger partial charge on any atom is -0.358 e. The molecule has 1 aromatic rings. The quantitative estimate of drug-likeness (QED) is 0.294. The Morgan fingerprint density at radius 1 is 0.897 bits per heavy atom. The number of rotatable bonds is 4. The summed E-state index contributed by atoms with van der Waals surface area (Å²) in [5, 5.41) is 3.69. The Kier molecular flexibility index (Phi) is 15.3. The van der Waals surface area contributed by atoms with Gasteiger partial charge in [0.2, 0.25) is 0 Å². The molecule has 162 valence electrons. The van der Waals surface area contributed by atoms with Gasteiger partial charge in [0.05, 0.1) is 0 Å². The Hall–Kier alpha value is -0.200. The zero-order valence-electron chi connectivity index (χ0n) is 20.9. The van der Waals surface area contributed by atoms with E-state index in [-0.39, 0.29) is 55.9 Å². The van der Waals surface area contributed by atoms with Gasteiger partial charge in [-0.25, -0.2) is 0 Å². The molecule has 4 atom stereocenters. The van der Waals surface area contributed by atoms with Crippen LogP contribution in [0.1, 0.15) is 46.1 Å². The maximum absolute atomic E-state index is 2.63. The standard InChI is InChI=1S/C23H34Si.4CH3.Zr/c1-16-17(2)19(4)23(18(16)3)24(5,6)22-13-12-21(15-22)14-20-10-8-7-9-11-20;;;;;/h7-11,13,16-18,21H,12,14-15H2,1-6H3;4*1H3;/q;4*-1;+4. The second-order valence-electron chi connectivity index (χ2n) is 8.88. The van der Waals surface area contributed by atoms with Crippen LogP contribution in [0, 0.1) is 53.4 Å². The van der Waals surface area contributed by atoms with Gasteiger partial charge in [-0.05, 0) is 55.4 Å². The molecule has 0 N–H and O–H groups in total. The molecule has 0 aliphatic heterocycles. The van der Waals surface area contributed by atoms with Crippen molar-refractivity contribution >= 4 is 8.07 Å². The third-order valence-electron chi connectivity index (χ3n) is 7.19. The Labute approximate surface area is 204 Å². The van der Waals surface area contributed by atoms with E-state index in [0.717, 1.165) is 23.7 Å². The molecule has 3 rings (SSSR count). The fraction of sp³-hybridized carbons (Fsp3) is 0.481. The second-order valence-corrected chi connectivity index (χ2v) is 13.3. The van der Waals surface area contributed by atoms with Gasteiger partial charge in [0.25, 0.3) is 0 Å². The van der Waals surface area contributed by atoms with E-state index in [1.54, 1.807) is 5.57 Å².